The predicted molar refractivity (Wildman–Crippen MR) is 48.5 cm³/mol. The average Bonchev–Trinajstić information content (AvgIpc) is 1.87. The Kier molecular flexibility index (Phi) is 8.06. The Morgan fingerprint density at radius 3 is 1.64 bits per heavy atom. The third-order valence-electron chi connectivity index (χ3n) is 0.639. The Morgan fingerprint density at radius 1 is 1.00 bits per heavy atom. The maximum atomic E-state index is 10.7. The van der Waals surface area contributed by atoms with Crippen LogP contribution in [0.3, 0.4) is 0 Å². The Bertz CT molecular complexity index is 136. The number of hydrogen-bond acceptors (Lipinski definition) is 3. The van der Waals surface area contributed by atoms with Crippen LogP contribution in [0.15, 0.2) is 0 Å². The zero-order chi connectivity index (χ0) is 8.69. The van der Waals surface area contributed by atoms with Gasteiger partial charge in [-0.2, -0.15) is 3.63 Å². The maximum absolute atomic E-state index is 10.7. The van der Waals surface area contributed by atoms with Crippen LogP contribution in [0.1, 0.15) is 0 Å². The summed E-state index contributed by atoms with van der Waals surface area (Å²) >= 11 is 7.43. The molecule has 0 aromatic carbocycles. The van der Waals surface area contributed by atoms with E-state index in [1.54, 1.807) is 0 Å². The highest BCUT2D eigenvalue weighted by atomic mass is 35.5. The quantitative estimate of drug-likeness (QED) is 0.644. The van der Waals surface area contributed by atoms with Gasteiger partial charge in [0, 0.05) is 11.8 Å². The van der Waals surface area contributed by atoms with Crippen molar-refractivity contribution in [2.75, 3.05) is 23.3 Å². The summed E-state index contributed by atoms with van der Waals surface area (Å²) in [6.07, 6.45) is 0. The molecule has 0 amide bonds. The molecule has 0 heterocycles. The molecule has 0 unspecified atom stereocenters. The predicted octanol–water partition coefficient (Wildman–Crippen LogP) is 0.808. The van der Waals surface area contributed by atoms with Gasteiger partial charge in [0.2, 0.25) is 0 Å². The van der Waals surface area contributed by atoms with Crippen LogP contribution in [-0.2, 0) is 25.8 Å². The largest absolute Gasteiger partial charge is 0.229 e. The maximum Gasteiger partial charge on any atom is 0.170 e. The number of halogens is 2. The zero-order valence-corrected chi connectivity index (χ0v) is 8.77. The highest BCUT2D eigenvalue weighted by molar-refractivity contribution is 7.93. The molecule has 0 saturated carbocycles. The first-order valence-corrected chi connectivity index (χ1v) is 6.34. The molecule has 68 valence electrons. The fourth-order valence-electron chi connectivity index (χ4n) is 0.279. The molecule has 0 fully saturated rings. The van der Waals surface area contributed by atoms with Crippen LogP contribution in [-0.4, -0.2) is 31.7 Å². The standard InChI is InChI=1S/C4H8Cl2O3S2/c5-1-3-10(7)9-11(8)4-2-6/h1-4H2. The SMILES string of the molecule is O=S(CCCl)OS(=O)CCCl. The van der Waals surface area contributed by atoms with Gasteiger partial charge in [0.25, 0.3) is 0 Å². The van der Waals surface area contributed by atoms with Crippen molar-refractivity contribution in [2.45, 2.75) is 0 Å². The van der Waals surface area contributed by atoms with Crippen LogP contribution < -0.4 is 0 Å². The summed E-state index contributed by atoms with van der Waals surface area (Å²) in [5.41, 5.74) is 0. The van der Waals surface area contributed by atoms with Crippen LogP contribution in [0.5, 0.6) is 0 Å². The van der Waals surface area contributed by atoms with E-state index in [0.29, 0.717) is 0 Å². The molecule has 0 N–H and O–H groups in total. The van der Waals surface area contributed by atoms with Gasteiger partial charge in [-0.25, -0.2) is 8.42 Å². The van der Waals surface area contributed by atoms with Gasteiger partial charge in [-0.05, 0) is 0 Å². The molecular weight excluding hydrogens is 231 g/mol. The Balaban J connectivity index is 3.49. The molecule has 0 rings (SSSR count). The summed E-state index contributed by atoms with van der Waals surface area (Å²) < 4.78 is 25.9. The van der Waals surface area contributed by atoms with Crippen molar-refractivity contribution in [2.24, 2.45) is 0 Å². The molecule has 0 aliphatic carbocycles. The molecule has 7 heteroatoms. The van der Waals surface area contributed by atoms with Crippen molar-refractivity contribution in [1.82, 2.24) is 0 Å². The van der Waals surface area contributed by atoms with Crippen LogP contribution in [0, 0.1) is 0 Å². The molecular formula is C4H8Cl2O3S2. The number of alkyl halides is 2. The van der Waals surface area contributed by atoms with E-state index >= 15 is 0 Å². The van der Waals surface area contributed by atoms with Gasteiger partial charge in [-0.1, -0.05) is 0 Å². The van der Waals surface area contributed by atoms with Gasteiger partial charge >= 0.3 is 0 Å². The van der Waals surface area contributed by atoms with Crippen LogP contribution in [0.25, 0.3) is 0 Å². The van der Waals surface area contributed by atoms with E-state index in [-0.39, 0.29) is 23.3 Å². The van der Waals surface area contributed by atoms with E-state index in [4.69, 9.17) is 23.2 Å². The molecule has 3 nitrogen and oxygen atoms in total. The zero-order valence-electron chi connectivity index (χ0n) is 5.63. The third-order valence-corrected chi connectivity index (χ3v) is 3.75. The highest BCUT2D eigenvalue weighted by Crippen LogP contribution is 1.94. The lowest BCUT2D eigenvalue weighted by Crippen LogP contribution is -2.09. The highest BCUT2D eigenvalue weighted by Gasteiger charge is 2.05. The minimum Gasteiger partial charge on any atom is -0.229 e. The Hall–Kier alpha value is 0.840. The lowest BCUT2D eigenvalue weighted by atomic mass is 11.0. The van der Waals surface area contributed by atoms with Gasteiger partial charge < -0.3 is 0 Å². The van der Waals surface area contributed by atoms with Gasteiger partial charge in [0.05, 0.1) is 11.5 Å². The molecule has 11 heavy (non-hydrogen) atoms. The lowest BCUT2D eigenvalue weighted by Gasteiger charge is -1.97. The lowest BCUT2D eigenvalue weighted by molar-refractivity contribution is 0.567. The van der Waals surface area contributed by atoms with E-state index in [1.807, 2.05) is 0 Å². The first kappa shape index (κ1) is 11.8. The van der Waals surface area contributed by atoms with Gasteiger partial charge in [0.15, 0.2) is 22.2 Å². The molecule has 0 spiro atoms. The minimum atomic E-state index is -1.54. The first-order chi connectivity index (χ1) is 5.20. The fourth-order valence-corrected chi connectivity index (χ4v) is 2.51. The van der Waals surface area contributed by atoms with Crippen molar-refractivity contribution in [3.8, 4) is 0 Å². The van der Waals surface area contributed by atoms with E-state index in [2.05, 4.69) is 3.63 Å². The summed E-state index contributed by atoms with van der Waals surface area (Å²) in [4.78, 5) is 0. The topological polar surface area (TPSA) is 43.4 Å². The number of hydrogen-bond donors (Lipinski definition) is 0. The minimum absolute atomic E-state index is 0.190. The molecule has 0 radical (unpaired) electrons. The smallest absolute Gasteiger partial charge is 0.170 e. The van der Waals surface area contributed by atoms with Crippen LogP contribution >= 0.6 is 23.2 Å². The van der Waals surface area contributed by atoms with E-state index < -0.39 is 22.2 Å². The number of rotatable bonds is 6. The molecule has 0 aliphatic rings. The molecule has 0 saturated heterocycles. The van der Waals surface area contributed by atoms with E-state index in [1.165, 1.54) is 0 Å². The second-order valence-corrected chi connectivity index (χ2v) is 4.79. The van der Waals surface area contributed by atoms with Crippen molar-refractivity contribution < 1.29 is 12.0 Å². The summed E-state index contributed by atoms with van der Waals surface area (Å²) in [5, 5.41) is 0. The van der Waals surface area contributed by atoms with Crippen molar-refractivity contribution in [1.29, 1.82) is 0 Å². The molecule has 0 aromatic rings. The molecule has 0 atom stereocenters. The first-order valence-electron chi connectivity index (χ1n) is 2.78. The van der Waals surface area contributed by atoms with E-state index in [0.717, 1.165) is 0 Å². The van der Waals surface area contributed by atoms with Gasteiger partial charge in [0.1, 0.15) is 0 Å². The van der Waals surface area contributed by atoms with Gasteiger partial charge in [-0.15, -0.1) is 23.2 Å². The molecule has 0 bridgehead atoms. The Morgan fingerprint density at radius 2 is 1.36 bits per heavy atom. The Labute approximate surface area is 80.7 Å². The van der Waals surface area contributed by atoms with Crippen molar-refractivity contribution >= 4 is 45.4 Å². The summed E-state index contributed by atoms with van der Waals surface area (Å²) in [5.74, 6) is 0.834. The summed E-state index contributed by atoms with van der Waals surface area (Å²) in [6, 6.07) is 0. The normalized spacial score (nSPS) is 16.2. The summed E-state index contributed by atoms with van der Waals surface area (Å²) in [7, 11) is 0. The second kappa shape index (κ2) is 7.49. The van der Waals surface area contributed by atoms with Gasteiger partial charge in [-0.3, -0.25) is 0 Å². The molecule has 0 aromatic heterocycles. The third kappa shape index (κ3) is 7.21. The summed E-state index contributed by atoms with van der Waals surface area (Å²) in [6.45, 7) is 0. The van der Waals surface area contributed by atoms with E-state index in [9.17, 15) is 8.42 Å². The monoisotopic (exact) mass is 238 g/mol. The average molecular weight is 239 g/mol. The van der Waals surface area contributed by atoms with Crippen molar-refractivity contribution in [3.05, 3.63) is 0 Å². The second-order valence-electron chi connectivity index (χ2n) is 1.46. The molecule has 0 aliphatic heterocycles. The van der Waals surface area contributed by atoms with Crippen LogP contribution in [0.4, 0.5) is 0 Å². The fraction of sp³-hybridized carbons (Fsp3) is 1.00. The van der Waals surface area contributed by atoms with Crippen molar-refractivity contribution in [3.63, 3.8) is 0 Å². The van der Waals surface area contributed by atoms with Crippen LogP contribution in [0.2, 0.25) is 0 Å².